The Bertz CT molecular complexity index is 2850. The number of hydrogen-bond donors (Lipinski definition) is 0. The van der Waals surface area contributed by atoms with Crippen molar-refractivity contribution in [2.24, 2.45) is 35.5 Å². The Balaban J connectivity index is 1.83. The molecule has 0 unspecified atom stereocenters. The van der Waals surface area contributed by atoms with Crippen LogP contribution < -0.4 is 28.4 Å². The van der Waals surface area contributed by atoms with Crippen molar-refractivity contribution in [2.75, 3.05) is 39.6 Å². The van der Waals surface area contributed by atoms with Gasteiger partial charge in [0.15, 0.2) is 0 Å². The third kappa shape index (κ3) is 38.5. The molecule has 522 valence electrons. The van der Waals surface area contributed by atoms with E-state index in [0.717, 1.165) is 116 Å². The molecule has 0 aliphatic carbocycles. The number of hydrogen-bond acceptors (Lipinski definition) is 18. The van der Waals surface area contributed by atoms with Crippen molar-refractivity contribution in [1.82, 2.24) is 59.8 Å². The molecule has 0 aromatic carbocycles. The number of rotatable bonds is 42. The quantitative estimate of drug-likeness (QED) is 0.0298. The summed E-state index contributed by atoms with van der Waals surface area (Å²) in [6.07, 6.45) is 30.7. The van der Waals surface area contributed by atoms with Gasteiger partial charge in [-0.25, -0.2) is 0 Å². The van der Waals surface area contributed by atoms with Crippen molar-refractivity contribution in [1.29, 1.82) is 0 Å². The second-order valence-electron chi connectivity index (χ2n) is 27.3. The zero-order valence-corrected chi connectivity index (χ0v) is 61.7. The van der Waals surface area contributed by atoms with Crippen molar-refractivity contribution in [3.05, 3.63) is 105 Å². The van der Waals surface area contributed by atoms with Crippen LogP contribution in [-0.2, 0) is 0 Å². The van der Waals surface area contributed by atoms with Gasteiger partial charge in [-0.1, -0.05) is 111 Å². The first-order valence-corrected chi connectivity index (χ1v) is 35.1. The summed E-state index contributed by atoms with van der Waals surface area (Å²) in [5.74, 6) is 21.1. The summed E-state index contributed by atoms with van der Waals surface area (Å²) in [4.78, 5) is 55.5. The van der Waals surface area contributed by atoms with Crippen LogP contribution in [0.4, 0.5) is 0 Å². The van der Waals surface area contributed by atoms with Gasteiger partial charge in [0.1, 0.15) is 0 Å². The number of allylic oxidation sites excluding steroid dienone is 12. The lowest BCUT2D eigenvalue weighted by atomic mass is 10.0. The van der Waals surface area contributed by atoms with Gasteiger partial charge < -0.3 is 28.4 Å². The SMILES string of the molecule is CC(C)=CCC[C@H](C)CCOc1nc(C#Cc2nc(C#Cc3nc(OCC[C@@H](C)CCC=C(C)C)nc(OCC[C@@H](C)CCC=C(C)C)n3)nc(C#Cc3nc(OCC[C@@H](C)CCC=C(C)C)nc(OCC[C@@H](C)CCC=C(C)C)n3)n2)nc(OCC[C@@H](C)CCC=C(C)C)n1. The lowest BCUT2D eigenvalue weighted by Gasteiger charge is -2.12. The highest BCUT2D eigenvalue weighted by Crippen LogP contribution is 2.21. The van der Waals surface area contributed by atoms with Crippen LogP contribution in [0.1, 0.15) is 275 Å². The van der Waals surface area contributed by atoms with Gasteiger partial charge in [-0.2, -0.15) is 44.9 Å². The molecule has 0 saturated carbocycles. The summed E-state index contributed by atoms with van der Waals surface area (Å²) in [7, 11) is 0. The predicted octanol–water partition coefficient (Wildman–Crippen LogP) is 17.5. The average molecular weight is 1320 g/mol. The number of ether oxygens (including phenoxy) is 6. The Hall–Kier alpha value is -8.04. The van der Waals surface area contributed by atoms with E-state index in [2.05, 4.69) is 241 Å². The standard InChI is InChI=1S/C78H114N12O6/c1-55(2)25-19-31-61(13)43-49-91-73-82-70(83-74(88-73)92-50-44-62(14)32-20-26-56(3)4)40-37-67-79-68(38-41-71-84-75(93-51-45-63(15)33-21-27-57(5)6)89-76(85-71)94-52-46-64(16)34-22-28-58(7)8)81-69(80-67)39-42-72-86-77(95-53-47-65(17)35-23-29-59(9)10)90-78(87-72)96-54-48-66(18)36-24-30-60(11)12/h25-30,61-66H,19-24,31-36,43-54H2,1-18H3/t61-,62-,63-,64-,65-,66-/m0/s1. The Labute approximate surface area is 577 Å². The molecule has 4 aromatic rings. The Morgan fingerprint density at radius 1 is 0.229 bits per heavy atom. The smallest absolute Gasteiger partial charge is 0.323 e. The van der Waals surface area contributed by atoms with E-state index in [0.29, 0.717) is 75.1 Å². The minimum Gasteiger partial charge on any atom is -0.463 e. The first kappa shape index (κ1) is 80.4. The van der Waals surface area contributed by atoms with Gasteiger partial charge in [0.25, 0.3) is 0 Å². The molecule has 4 heterocycles. The molecule has 0 spiro atoms. The summed E-state index contributed by atoms with van der Waals surface area (Å²) in [6, 6.07) is 0.612. The van der Waals surface area contributed by atoms with E-state index >= 15 is 0 Å². The molecule has 96 heavy (non-hydrogen) atoms. The largest absolute Gasteiger partial charge is 0.463 e. The highest BCUT2D eigenvalue weighted by Gasteiger charge is 2.16. The molecule has 0 N–H and O–H groups in total. The molecule has 0 fully saturated rings. The monoisotopic (exact) mass is 1310 g/mol. The van der Waals surface area contributed by atoms with Gasteiger partial charge >= 0.3 is 36.1 Å². The molecular formula is C78H114N12O6. The van der Waals surface area contributed by atoms with E-state index in [-0.39, 0.29) is 71.0 Å². The second kappa shape index (κ2) is 46.2. The van der Waals surface area contributed by atoms with Gasteiger partial charge in [0.2, 0.25) is 34.9 Å². The van der Waals surface area contributed by atoms with Crippen molar-refractivity contribution in [3.63, 3.8) is 0 Å². The summed E-state index contributed by atoms with van der Waals surface area (Å²) in [6.45, 7) is 41.1. The summed E-state index contributed by atoms with van der Waals surface area (Å²) < 4.78 is 37.1. The van der Waals surface area contributed by atoms with Crippen molar-refractivity contribution in [2.45, 2.75) is 240 Å². The number of aromatic nitrogens is 12. The molecular weight excluding hydrogens is 1200 g/mol. The first-order valence-electron chi connectivity index (χ1n) is 35.1. The minimum atomic E-state index is 0.0153. The van der Waals surface area contributed by atoms with E-state index < -0.39 is 0 Å². The van der Waals surface area contributed by atoms with Gasteiger partial charge in [-0.15, -0.1) is 15.0 Å². The normalized spacial score (nSPS) is 12.6. The van der Waals surface area contributed by atoms with Crippen LogP contribution in [-0.4, -0.2) is 99.4 Å². The minimum absolute atomic E-state index is 0.0153. The molecule has 6 atom stereocenters. The Morgan fingerprint density at radius 3 is 0.521 bits per heavy atom. The highest BCUT2D eigenvalue weighted by atomic mass is 16.5. The maximum atomic E-state index is 6.19. The van der Waals surface area contributed by atoms with Crippen LogP contribution in [0.2, 0.25) is 0 Å². The fourth-order valence-corrected chi connectivity index (χ4v) is 9.36. The van der Waals surface area contributed by atoms with E-state index in [1.807, 2.05) is 0 Å². The molecule has 0 bridgehead atoms. The second-order valence-corrected chi connectivity index (χ2v) is 27.3. The van der Waals surface area contributed by atoms with Crippen LogP contribution in [0.5, 0.6) is 36.1 Å². The molecule has 0 aliphatic heterocycles. The lowest BCUT2D eigenvalue weighted by Crippen LogP contribution is -2.11. The molecule has 4 rings (SSSR count). The van der Waals surface area contributed by atoms with Crippen LogP contribution in [0.3, 0.4) is 0 Å². The topological polar surface area (TPSA) is 210 Å². The highest BCUT2D eigenvalue weighted by molar-refractivity contribution is 5.38. The molecule has 0 saturated heterocycles. The van der Waals surface area contributed by atoms with Gasteiger partial charge in [0, 0.05) is 0 Å². The average Bonchev–Trinajstić information content (AvgIpc) is 0.923. The third-order valence-corrected chi connectivity index (χ3v) is 15.6. The zero-order valence-electron chi connectivity index (χ0n) is 61.7. The molecule has 18 heteroatoms. The fourth-order valence-electron chi connectivity index (χ4n) is 9.36. The zero-order chi connectivity index (χ0) is 70.0. The van der Waals surface area contributed by atoms with Crippen molar-refractivity contribution in [3.8, 4) is 71.6 Å². The van der Waals surface area contributed by atoms with Gasteiger partial charge in [-0.3, -0.25) is 0 Å². The molecule has 18 nitrogen and oxygen atoms in total. The van der Waals surface area contributed by atoms with Crippen LogP contribution in [0, 0.1) is 71.0 Å². The van der Waals surface area contributed by atoms with E-state index in [4.69, 9.17) is 43.4 Å². The maximum Gasteiger partial charge on any atom is 0.323 e. The summed E-state index contributed by atoms with van der Waals surface area (Å²) >= 11 is 0. The predicted molar refractivity (Wildman–Crippen MR) is 385 cm³/mol. The first-order chi connectivity index (χ1) is 45.9. The molecule has 0 amide bonds. The van der Waals surface area contributed by atoms with Crippen LogP contribution in [0.15, 0.2) is 69.9 Å². The van der Waals surface area contributed by atoms with Crippen molar-refractivity contribution >= 4 is 0 Å². The Morgan fingerprint density at radius 2 is 0.375 bits per heavy atom. The van der Waals surface area contributed by atoms with E-state index in [9.17, 15) is 0 Å². The van der Waals surface area contributed by atoms with Crippen LogP contribution >= 0.6 is 0 Å². The molecule has 4 aromatic heterocycles. The summed E-state index contributed by atoms with van der Waals surface area (Å²) in [5.41, 5.74) is 7.85. The third-order valence-electron chi connectivity index (χ3n) is 15.6. The summed E-state index contributed by atoms with van der Waals surface area (Å²) in [5, 5.41) is 0. The molecule has 0 aliphatic rings. The van der Waals surface area contributed by atoms with Crippen LogP contribution in [0.25, 0.3) is 0 Å². The van der Waals surface area contributed by atoms with Gasteiger partial charge in [0.05, 0.1) is 39.6 Å². The molecule has 0 radical (unpaired) electrons. The van der Waals surface area contributed by atoms with Gasteiger partial charge in [-0.05, 0) is 270 Å². The van der Waals surface area contributed by atoms with E-state index in [1.165, 1.54) is 33.4 Å². The van der Waals surface area contributed by atoms with E-state index in [1.54, 1.807) is 0 Å². The lowest BCUT2D eigenvalue weighted by molar-refractivity contribution is 0.234. The Kier molecular flexibility index (Phi) is 38.7. The number of nitrogens with zero attached hydrogens (tertiary/aromatic N) is 12. The fraction of sp³-hybridized carbons (Fsp3) is 0.615. The van der Waals surface area contributed by atoms with Crippen molar-refractivity contribution < 1.29 is 28.4 Å². The maximum absolute atomic E-state index is 6.19.